The first-order valence-electron chi connectivity index (χ1n) is 8.98. The molecule has 3 rings (SSSR count). The lowest BCUT2D eigenvalue weighted by Gasteiger charge is -2.32. The van der Waals surface area contributed by atoms with Crippen LogP contribution in [0.4, 0.5) is 0 Å². The monoisotopic (exact) mass is 365 g/mol. The number of hydrogen-bond acceptors (Lipinski definition) is 4. The molecule has 6 nitrogen and oxygen atoms in total. The van der Waals surface area contributed by atoms with Crippen LogP contribution in [0.25, 0.3) is 0 Å². The number of rotatable bonds is 3. The first kappa shape index (κ1) is 18.4. The summed E-state index contributed by atoms with van der Waals surface area (Å²) in [6, 6.07) is 4.94. The van der Waals surface area contributed by atoms with E-state index in [1.807, 2.05) is 18.9 Å². The molecule has 2 fully saturated rings. The second-order valence-corrected chi connectivity index (χ2v) is 8.97. The number of hydrogen-bond donors (Lipinski definition) is 0. The van der Waals surface area contributed by atoms with E-state index < -0.39 is 10.0 Å². The maximum atomic E-state index is 12.9. The van der Waals surface area contributed by atoms with E-state index in [1.165, 1.54) is 4.31 Å². The van der Waals surface area contributed by atoms with Gasteiger partial charge in [0.05, 0.1) is 4.90 Å². The van der Waals surface area contributed by atoms with E-state index in [0.717, 1.165) is 51.0 Å². The SMILES string of the molecule is Cc1ccc(S(=O)(=O)N2CCN(C)CC2)cc1C(=O)N1CCCCC1. The van der Waals surface area contributed by atoms with E-state index >= 15 is 0 Å². The summed E-state index contributed by atoms with van der Waals surface area (Å²) in [6.45, 7) is 5.81. The molecule has 0 aliphatic carbocycles. The number of piperidine rings is 1. The molecule has 0 unspecified atom stereocenters. The first-order chi connectivity index (χ1) is 11.9. The van der Waals surface area contributed by atoms with Crippen molar-refractivity contribution >= 4 is 15.9 Å². The summed E-state index contributed by atoms with van der Waals surface area (Å²) in [6.07, 6.45) is 3.19. The lowest BCUT2D eigenvalue weighted by atomic mass is 10.1. The topological polar surface area (TPSA) is 60.9 Å². The molecular formula is C18H27N3O3S. The molecule has 7 heteroatoms. The van der Waals surface area contributed by atoms with Gasteiger partial charge in [-0.15, -0.1) is 0 Å². The van der Waals surface area contributed by atoms with E-state index in [1.54, 1.807) is 18.2 Å². The average Bonchev–Trinajstić information content (AvgIpc) is 2.62. The molecule has 1 aromatic carbocycles. The largest absolute Gasteiger partial charge is 0.339 e. The molecule has 1 aromatic rings. The molecule has 2 aliphatic heterocycles. The zero-order valence-corrected chi connectivity index (χ0v) is 15.9. The number of sulfonamides is 1. The Bertz CT molecular complexity index is 734. The first-order valence-corrected chi connectivity index (χ1v) is 10.4. The van der Waals surface area contributed by atoms with Crippen molar-refractivity contribution in [3.8, 4) is 0 Å². The van der Waals surface area contributed by atoms with Gasteiger partial charge in [0.15, 0.2) is 0 Å². The van der Waals surface area contributed by atoms with Gasteiger partial charge in [-0.2, -0.15) is 4.31 Å². The standard InChI is InChI=1S/C18H27N3O3S/c1-15-6-7-16(25(23,24)21-12-10-19(2)11-13-21)14-17(15)18(22)20-8-4-3-5-9-20/h6-7,14H,3-5,8-13H2,1-2H3. The Kier molecular flexibility index (Phi) is 5.46. The number of likely N-dealkylation sites (N-methyl/N-ethyl adjacent to an activating group) is 1. The highest BCUT2D eigenvalue weighted by Crippen LogP contribution is 2.23. The Morgan fingerprint density at radius 2 is 1.60 bits per heavy atom. The van der Waals surface area contributed by atoms with Crippen molar-refractivity contribution in [1.82, 2.24) is 14.1 Å². The number of likely N-dealkylation sites (tertiary alicyclic amines) is 1. The van der Waals surface area contributed by atoms with Gasteiger partial charge in [0.2, 0.25) is 10.0 Å². The Balaban J connectivity index is 1.86. The smallest absolute Gasteiger partial charge is 0.254 e. The molecule has 0 saturated carbocycles. The number of carbonyl (C=O) groups excluding carboxylic acids is 1. The van der Waals surface area contributed by atoms with Crippen LogP contribution in [-0.4, -0.2) is 74.7 Å². The minimum atomic E-state index is -3.55. The molecule has 0 bridgehead atoms. The van der Waals surface area contributed by atoms with E-state index in [9.17, 15) is 13.2 Å². The molecule has 0 spiro atoms. The number of benzene rings is 1. The van der Waals surface area contributed by atoms with Gasteiger partial charge in [0, 0.05) is 44.8 Å². The molecule has 0 aromatic heterocycles. The fourth-order valence-corrected chi connectivity index (χ4v) is 4.89. The summed E-state index contributed by atoms with van der Waals surface area (Å²) in [7, 11) is -1.56. The number of nitrogens with zero attached hydrogens (tertiary/aromatic N) is 3. The Morgan fingerprint density at radius 3 is 2.24 bits per heavy atom. The van der Waals surface area contributed by atoms with Gasteiger partial charge in [-0.05, 0) is 50.9 Å². The molecule has 138 valence electrons. The van der Waals surface area contributed by atoms with E-state index in [0.29, 0.717) is 18.7 Å². The van der Waals surface area contributed by atoms with E-state index in [-0.39, 0.29) is 10.8 Å². The normalized spacial score (nSPS) is 20.6. The molecule has 2 saturated heterocycles. The molecule has 25 heavy (non-hydrogen) atoms. The van der Waals surface area contributed by atoms with Gasteiger partial charge in [0.25, 0.3) is 5.91 Å². The van der Waals surface area contributed by atoms with Crippen molar-refractivity contribution in [3.05, 3.63) is 29.3 Å². The number of amides is 1. The number of aryl methyl sites for hydroxylation is 1. The van der Waals surface area contributed by atoms with Crippen LogP contribution in [0, 0.1) is 6.92 Å². The van der Waals surface area contributed by atoms with Crippen LogP contribution in [0.1, 0.15) is 35.2 Å². The van der Waals surface area contributed by atoms with Gasteiger partial charge < -0.3 is 9.80 Å². The Morgan fingerprint density at radius 1 is 0.960 bits per heavy atom. The van der Waals surface area contributed by atoms with Crippen LogP contribution >= 0.6 is 0 Å². The third-order valence-electron chi connectivity index (χ3n) is 5.18. The van der Waals surface area contributed by atoms with Gasteiger partial charge >= 0.3 is 0 Å². The quantitative estimate of drug-likeness (QED) is 0.816. The molecule has 0 radical (unpaired) electrons. The third-order valence-corrected chi connectivity index (χ3v) is 7.08. The predicted octanol–water partition coefficient (Wildman–Crippen LogP) is 1.56. The summed E-state index contributed by atoms with van der Waals surface area (Å²) < 4.78 is 27.4. The summed E-state index contributed by atoms with van der Waals surface area (Å²) >= 11 is 0. The Labute approximate surface area is 150 Å². The molecule has 0 atom stereocenters. The lowest BCUT2D eigenvalue weighted by molar-refractivity contribution is 0.0723. The summed E-state index contributed by atoms with van der Waals surface area (Å²) in [5.41, 5.74) is 1.34. The van der Waals surface area contributed by atoms with Crippen LogP contribution in [0.2, 0.25) is 0 Å². The number of carbonyl (C=O) groups is 1. The maximum absolute atomic E-state index is 12.9. The van der Waals surface area contributed by atoms with Gasteiger partial charge in [-0.1, -0.05) is 6.07 Å². The average molecular weight is 365 g/mol. The molecule has 2 aliphatic rings. The summed E-state index contributed by atoms with van der Waals surface area (Å²) in [5.74, 6) is -0.0485. The lowest BCUT2D eigenvalue weighted by Crippen LogP contribution is -2.47. The zero-order chi connectivity index (χ0) is 18.0. The summed E-state index contributed by atoms with van der Waals surface area (Å²) in [4.78, 5) is 17.0. The van der Waals surface area contributed by atoms with Crippen LogP contribution in [0.15, 0.2) is 23.1 Å². The predicted molar refractivity (Wildman–Crippen MR) is 97.2 cm³/mol. The third kappa shape index (κ3) is 3.88. The van der Waals surface area contributed by atoms with Crippen molar-refractivity contribution in [1.29, 1.82) is 0 Å². The van der Waals surface area contributed by atoms with Gasteiger partial charge in [-0.25, -0.2) is 8.42 Å². The highest BCUT2D eigenvalue weighted by Gasteiger charge is 2.29. The minimum Gasteiger partial charge on any atom is -0.339 e. The Hall–Kier alpha value is -1.44. The molecule has 2 heterocycles. The zero-order valence-electron chi connectivity index (χ0n) is 15.1. The molecule has 1 amide bonds. The van der Waals surface area contributed by atoms with Gasteiger partial charge in [-0.3, -0.25) is 4.79 Å². The highest BCUT2D eigenvalue weighted by molar-refractivity contribution is 7.89. The van der Waals surface area contributed by atoms with Crippen LogP contribution in [0.5, 0.6) is 0 Å². The van der Waals surface area contributed by atoms with Gasteiger partial charge in [0.1, 0.15) is 0 Å². The van der Waals surface area contributed by atoms with Crippen LogP contribution in [-0.2, 0) is 10.0 Å². The highest BCUT2D eigenvalue weighted by atomic mass is 32.2. The fraction of sp³-hybridized carbons (Fsp3) is 0.611. The van der Waals surface area contributed by atoms with Crippen molar-refractivity contribution in [2.45, 2.75) is 31.1 Å². The maximum Gasteiger partial charge on any atom is 0.254 e. The van der Waals surface area contributed by atoms with Crippen molar-refractivity contribution in [2.75, 3.05) is 46.3 Å². The van der Waals surface area contributed by atoms with E-state index in [2.05, 4.69) is 4.90 Å². The van der Waals surface area contributed by atoms with Crippen molar-refractivity contribution < 1.29 is 13.2 Å². The van der Waals surface area contributed by atoms with E-state index in [4.69, 9.17) is 0 Å². The second-order valence-electron chi connectivity index (χ2n) is 7.04. The second kappa shape index (κ2) is 7.43. The minimum absolute atomic E-state index is 0.0485. The van der Waals surface area contributed by atoms with Crippen LogP contribution in [0.3, 0.4) is 0 Å². The van der Waals surface area contributed by atoms with Crippen molar-refractivity contribution in [3.63, 3.8) is 0 Å². The van der Waals surface area contributed by atoms with Crippen LogP contribution < -0.4 is 0 Å². The molecule has 0 N–H and O–H groups in total. The van der Waals surface area contributed by atoms with Crippen molar-refractivity contribution in [2.24, 2.45) is 0 Å². The fourth-order valence-electron chi connectivity index (χ4n) is 3.44. The molecular weight excluding hydrogens is 338 g/mol. The summed E-state index contributed by atoms with van der Waals surface area (Å²) in [5, 5.41) is 0. The number of piperazine rings is 1.